The number of halogens is 6. The number of carbonyl (C=O) groups excluding carboxylic acids is 2. The maximum atomic E-state index is 13.3. The summed E-state index contributed by atoms with van der Waals surface area (Å²) in [5.74, 6) is -1.64. The van der Waals surface area contributed by atoms with Gasteiger partial charge in [0.15, 0.2) is 11.5 Å². The average Bonchev–Trinajstić information content (AvgIpc) is 3.15. The molecule has 0 radical (unpaired) electrons. The summed E-state index contributed by atoms with van der Waals surface area (Å²) >= 11 is 12.5. The van der Waals surface area contributed by atoms with Crippen molar-refractivity contribution < 1.29 is 22.8 Å². The third-order valence-electron chi connectivity index (χ3n) is 3.94. The van der Waals surface area contributed by atoms with Gasteiger partial charge in [-0.3, -0.25) is 9.59 Å². The van der Waals surface area contributed by atoms with Gasteiger partial charge in [0.25, 0.3) is 11.8 Å². The van der Waals surface area contributed by atoms with Crippen LogP contribution in [-0.4, -0.2) is 33.6 Å². The highest BCUT2D eigenvalue weighted by atomic mass is 79.9. The molecule has 0 spiro atoms. The van der Waals surface area contributed by atoms with Crippen LogP contribution in [0.15, 0.2) is 45.5 Å². The third-order valence-corrected chi connectivity index (χ3v) is 5.32. The zero-order chi connectivity index (χ0) is 22.9. The molecule has 2 N–H and O–H groups in total. The molecule has 0 aliphatic heterocycles. The smallest absolute Gasteiger partial charge is 0.355 e. The predicted octanol–water partition coefficient (Wildman–Crippen LogP) is 5.08. The number of alkyl halides is 3. The Morgan fingerprint density at radius 1 is 1.16 bits per heavy atom. The van der Waals surface area contributed by atoms with Gasteiger partial charge in [-0.1, -0.05) is 27.5 Å². The first kappa shape index (κ1) is 23.2. The summed E-state index contributed by atoms with van der Waals surface area (Å²) in [5.41, 5.74) is -1.65. The lowest BCUT2D eigenvalue weighted by molar-refractivity contribution is -0.141. The van der Waals surface area contributed by atoms with Crippen LogP contribution < -0.4 is 10.6 Å². The van der Waals surface area contributed by atoms with Crippen molar-refractivity contribution in [2.45, 2.75) is 6.18 Å². The van der Waals surface area contributed by atoms with E-state index in [9.17, 15) is 22.8 Å². The highest BCUT2D eigenvalue weighted by molar-refractivity contribution is 9.11. The number of amides is 2. The van der Waals surface area contributed by atoms with Crippen molar-refractivity contribution in [3.8, 4) is 5.82 Å². The third kappa shape index (κ3) is 4.91. The van der Waals surface area contributed by atoms with Gasteiger partial charge in [-0.05, 0) is 40.2 Å². The molecule has 3 aromatic rings. The number of nitrogens with one attached hydrogen (secondary N) is 2. The summed E-state index contributed by atoms with van der Waals surface area (Å²) in [5, 5.41) is 8.36. The van der Waals surface area contributed by atoms with E-state index < -0.39 is 29.4 Å². The van der Waals surface area contributed by atoms with E-state index in [-0.39, 0.29) is 22.1 Å². The molecule has 0 unspecified atom stereocenters. The SMILES string of the molecule is CNC(=O)c1cc(Br)cc(Br)c1NC(=O)c1cc(C(F)(F)F)nn1-c1ncccc1Cl. The topological polar surface area (TPSA) is 88.9 Å². The summed E-state index contributed by atoms with van der Waals surface area (Å²) in [6.07, 6.45) is -3.51. The van der Waals surface area contributed by atoms with Crippen molar-refractivity contribution in [1.82, 2.24) is 20.1 Å². The predicted molar refractivity (Wildman–Crippen MR) is 115 cm³/mol. The van der Waals surface area contributed by atoms with E-state index in [2.05, 4.69) is 52.6 Å². The van der Waals surface area contributed by atoms with Crippen LogP contribution in [0.1, 0.15) is 26.5 Å². The first-order chi connectivity index (χ1) is 14.5. The van der Waals surface area contributed by atoms with Gasteiger partial charge in [-0.2, -0.15) is 18.3 Å². The van der Waals surface area contributed by atoms with Gasteiger partial charge < -0.3 is 10.6 Å². The number of hydrogen-bond acceptors (Lipinski definition) is 4. The van der Waals surface area contributed by atoms with E-state index in [1.165, 1.54) is 31.4 Å². The summed E-state index contributed by atoms with van der Waals surface area (Å²) in [6.45, 7) is 0. The molecule has 0 saturated carbocycles. The van der Waals surface area contributed by atoms with Crippen LogP contribution in [0.4, 0.5) is 18.9 Å². The Balaban J connectivity index is 2.12. The largest absolute Gasteiger partial charge is 0.435 e. The van der Waals surface area contributed by atoms with Crippen molar-refractivity contribution in [3.05, 3.63) is 67.4 Å². The number of benzene rings is 1. The van der Waals surface area contributed by atoms with Gasteiger partial charge in [-0.25, -0.2) is 9.67 Å². The molecule has 0 bridgehead atoms. The summed E-state index contributed by atoms with van der Waals surface area (Å²) in [6, 6.07) is 6.47. The molecule has 0 saturated heterocycles. The van der Waals surface area contributed by atoms with Crippen LogP contribution in [-0.2, 0) is 6.18 Å². The lowest BCUT2D eigenvalue weighted by atomic mass is 10.1. The van der Waals surface area contributed by atoms with E-state index >= 15 is 0 Å². The molecule has 31 heavy (non-hydrogen) atoms. The van der Waals surface area contributed by atoms with Crippen LogP contribution in [0.2, 0.25) is 5.02 Å². The maximum absolute atomic E-state index is 13.3. The van der Waals surface area contributed by atoms with E-state index in [0.717, 1.165) is 0 Å². The highest BCUT2D eigenvalue weighted by Crippen LogP contribution is 2.33. The van der Waals surface area contributed by atoms with Crippen molar-refractivity contribution in [3.63, 3.8) is 0 Å². The number of rotatable bonds is 4. The number of hydrogen-bond donors (Lipinski definition) is 2. The summed E-state index contributed by atoms with van der Waals surface area (Å²) < 4.78 is 41.4. The molecular formula is C18H11Br2ClF3N5O2. The molecule has 3 rings (SSSR count). The minimum atomic E-state index is -4.81. The molecule has 2 amide bonds. The molecule has 13 heteroatoms. The molecular weight excluding hydrogens is 570 g/mol. The monoisotopic (exact) mass is 579 g/mol. The number of aromatic nitrogens is 3. The van der Waals surface area contributed by atoms with Gasteiger partial charge in [0, 0.05) is 28.3 Å². The highest BCUT2D eigenvalue weighted by Gasteiger charge is 2.36. The summed E-state index contributed by atoms with van der Waals surface area (Å²) in [4.78, 5) is 29.1. The Bertz CT molecular complexity index is 1180. The Labute approximate surface area is 195 Å². The lowest BCUT2D eigenvalue weighted by Gasteiger charge is -2.14. The number of pyridine rings is 1. The van der Waals surface area contributed by atoms with Gasteiger partial charge in [0.2, 0.25) is 0 Å². The van der Waals surface area contributed by atoms with Gasteiger partial charge in [-0.15, -0.1) is 0 Å². The lowest BCUT2D eigenvalue weighted by Crippen LogP contribution is -2.23. The zero-order valence-electron chi connectivity index (χ0n) is 15.4. The Hall–Kier alpha value is -2.44. The second-order valence-electron chi connectivity index (χ2n) is 5.98. The quantitative estimate of drug-likeness (QED) is 0.450. The molecule has 0 fully saturated rings. The Kier molecular flexibility index (Phi) is 6.72. The fourth-order valence-electron chi connectivity index (χ4n) is 2.57. The molecule has 0 aliphatic carbocycles. The minimum absolute atomic E-state index is 0.00996. The normalized spacial score (nSPS) is 11.3. The van der Waals surface area contributed by atoms with E-state index in [4.69, 9.17) is 11.6 Å². The van der Waals surface area contributed by atoms with Crippen molar-refractivity contribution >= 4 is 61.0 Å². The summed E-state index contributed by atoms with van der Waals surface area (Å²) in [7, 11) is 1.40. The minimum Gasteiger partial charge on any atom is -0.355 e. The number of anilines is 1. The number of nitrogens with zero attached hydrogens (tertiary/aromatic N) is 3. The first-order valence-corrected chi connectivity index (χ1v) is 10.3. The van der Waals surface area contributed by atoms with Crippen LogP contribution in [0, 0.1) is 0 Å². The standard InChI is InChI=1S/C18H11Br2ClF3N5O2/c1-25-16(30)9-5-8(19)6-10(20)14(9)27-17(31)12-7-13(18(22,23)24)28-29(12)15-11(21)3-2-4-26-15/h2-7H,1H3,(H,25,30)(H,27,31). The van der Waals surface area contributed by atoms with Crippen LogP contribution in [0.25, 0.3) is 5.82 Å². The van der Waals surface area contributed by atoms with Gasteiger partial charge in [0.05, 0.1) is 16.3 Å². The molecule has 0 aliphatic rings. The van der Waals surface area contributed by atoms with Crippen LogP contribution >= 0.6 is 43.5 Å². The molecule has 2 heterocycles. The second kappa shape index (κ2) is 8.97. The first-order valence-electron chi connectivity index (χ1n) is 8.33. The molecule has 0 atom stereocenters. The van der Waals surface area contributed by atoms with E-state index in [1.54, 1.807) is 6.07 Å². The Morgan fingerprint density at radius 3 is 2.48 bits per heavy atom. The Morgan fingerprint density at radius 2 is 1.87 bits per heavy atom. The fraction of sp³-hybridized carbons (Fsp3) is 0.111. The van der Waals surface area contributed by atoms with Crippen molar-refractivity contribution in [2.75, 3.05) is 12.4 Å². The second-order valence-corrected chi connectivity index (χ2v) is 8.15. The van der Waals surface area contributed by atoms with E-state index in [1.807, 2.05) is 0 Å². The van der Waals surface area contributed by atoms with Crippen molar-refractivity contribution in [2.24, 2.45) is 0 Å². The fourth-order valence-corrected chi connectivity index (χ4v) is 4.09. The average molecular weight is 582 g/mol. The molecule has 7 nitrogen and oxygen atoms in total. The number of carbonyl (C=O) groups is 2. The maximum Gasteiger partial charge on any atom is 0.435 e. The molecule has 2 aromatic heterocycles. The zero-order valence-corrected chi connectivity index (χ0v) is 19.3. The van der Waals surface area contributed by atoms with Crippen LogP contribution in [0.5, 0.6) is 0 Å². The van der Waals surface area contributed by atoms with E-state index in [0.29, 0.717) is 19.7 Å². The van der Waals surface area contributed by atoms with Crippen LogP contribution in [0.3, 0.4) is 0 Å². The molecule has 162 valence electrons. The molecule has 1 aromatic carbocycles. The van der Waals surface area contributed by atoms with Gasteiger partial charge >= 0.3 is 6.18 Å². The van der Waals surface area contributed by atoms with Crippen molar-refractivity contribution in [1.29, 1.82) is 0 Å². The van der Waals surface area contributed by atoms with Gasteiger partial charge in [0.1, 0.15) is 5.69 Å².